The number of hydrogen-bond acceptors (Lipinski definition) is 3. The van der Waals surface area contributed by atoms with Crippen LogP contribution in [0.5, 0.6) is 5.75 Å². The first kappa shape index (κ1) is 12.6. The van der Waals surface area contributed by atoms with Gasteiger partial charge in [-0.2, -0.15) is 0 Å². The maximum atomic E-state index is 6.08. The van der Waals surface area contributed by atoms with Crippen LogP contribution in [0, 0.1) is 6.92 Å². The Hall–Kier alpha value is -1.87. The topological polar surface area (TPSA) is 47.3 Å². The van der Waals surface area contributed by atoms with E-state index in [1.165, 1.54) is 0 Å². The van der Waals surface area contributed by atoms with Gasteiger partial charge in [-0.3, -0.25) is 0 Å². The molecule has 0 spiro atoms. The summed E-state index contributed by atoms with van der Waals surface area (Å²) >= 11 is 6.08. The molecule has 94 valence electrons. The number of ether oxygens (including phenoxy) is 1. The number of benzene rings is 2. The van der Waals surface area contributed by atoms with Gasteiger partial charge in [0.2, 0.25) is 0 Å². The van der Waals surface area contributed by atoms with Gasteiger partial charge in [-0.15, -0.1) is 0 Å². The average molecular weight is 263 g/mol. The molecule has 0 saturated heterocycles. The highest BCUT2D eigenvalue weighted by Gasteiger charge is 2.04. The first-order valence-electron chi connectivity index (χ1n) is 5.57. The van der Waals surface area contributed by atoms with Crippen molar-refractivity contribution in [1.29, 1.82) is 0 Å². The van der Waals surface area contributed by atoms with Gasteiger partial charge in [-0.1, -0.05) is 17.7 Å². The van der Waals surface area contributed by atoms with Gasteiger partial charge >= 0.3 is 0 Å². The van der Waals surface area contributed by atoms with Gasteiger partial charge in [0.05, 0.1) is 12.8 Å². The second-order valence-corrected chi connectivity index (χ2v) is 4.40. The van der Waals surface area contributed by atoms with E-state index < -0.39 is 0 Å². The summed E-state index contributed by atoms with van der Waals surface area (Å²) in [6.07, 6.45) is 0. The minimum Gasteiger partial charge on any atom is -0.495 e. The van der Waals surface area contributed by atoms with Crippen LogP contribution in [0.1, 0.15) is 5.56 Å². The zero-order valence-electron chi connectivity index (χ0n) is 10.3. The van der Waals surface area contributed by atoms with Crippen molar-refractivity contribution in [2.75, 3.05) is 18.2 Å². The van der Waals surface area contributed by atoms with Crippen LogP contribution in [0.2, 0.25) is 5.02 Å². The number of rotatable bonds is 3. The van der Waals surface area contributed by atoms with Crippen LogP contribution in [-0.2, 0) is 0 Å². The third-order valence-electron chi connectivity index (χ3n) is 2.78. The molecule has 2 aromatic carbocycles. The molecule has 0 radical (unpaired) electrons. The fourth-order valence-corrected chi connectivity index (χ4v) is 1.86. The van der Waals surface area contributed by atoms with Crippen molar-refractivity contribution >= 4 is 28.7 Å². The quantitative estimate of drug-likeness (QED) is 0.823. The zero-order valence-corrected chi connectivity index (χ0v) is 11.1. The lowest BCUT2D eigenvalue weighted by atomic mass is 10.2. The monoisotopic (exact) mass is 262 g/mol. The normalized spacial score (nSPS) is 10.2. The van der Waals surface area contributed by atoms with Crippen LogP contribution in [0.15, 0.2) is 36.4 Å². The van der Waals surface area contributed by atoms with Crippen molar-refractivity contribution in [2.45, 2.75) is 6.92 Å². The molecule has 0 heterocycles. The van der Waals surface area contributed by atoms with Crippen LogP contribution >= 0.6 is 11.6 Å². The Morgan fingerprint density at radius 2 is 2.00 bits per heavy atom. The van der Waals surface area contributed by atoms with Gasteiger partial charge in [0, 0.05) is 22.5 Å². The standard InChI is InChI=1S/C14H15ClN2O/c1-9-11(15)4-3-5-13(9)17-10-6-7-12(16)14(8-10)18-2/h3-8,17H,16H2,1-2H3. The number of hydrogen-bond donors (Lipinski definition) is 2. The molecule has 4 heteroatoms. The predicted molar refractivity (Wildman–Crippen MR) is 76.9 cm³/mol. The van der Waals surface area contributed by atoms with Crippen molar-refractivity contribution in [3.05, 3.63) is 47.0 Å². The summed E-state index contributed by atoms with van der Waals surface area (Å²) in [7, 11) is 1.60. The Labute approximate surface area is 112 Å². The lowest BCUT2D eigenvalue weighted by molar-refractivity contribution is 0.417. The van der Waals surface area contributed by atoms with E-state index in [-0.39, 0.29) is 0 Å². The Morgan fingerprint density at radius 1 is 1.22 bits per heavy atom. The lowest BCUT2D eigenvalue weighted by Crippen LogP contribution is -1.96. The van der Waals surface area contributed by atoms with Gasteiger partial charge < -0.3 is 15.8 Å². The van der Waals surface area contributed by atoms with E-state index in [9.17, 15) is 0 Å². The third kappa shape index (κ3) is 2.51. The lowest BCUT2D eigenvalue weighted by Gasteiger charge is -2.12. The summed E-state index contributed by atoms with van der Waals surface area (Å²) in [5.74, 6) is 0.652. The number of halogens is 1. The third-order valence-corrected chi connectivity index (χ3v) is 3.19. The molecule has 2 aromatic rings. The molecule has 0 aliphatic heterocycles. The maximum absolute atomic E-state index is 6.08. The largest absolute Gasteiger partial charge is 0.495 e. The highest BCUT2D eigenvalue weighted by Crippen LogP contribution is 2.30. The molecule has 0 aromatic heterocycles. The van der Waals surface area contributed by atoms with Gasteiger partial charge in [-0.25, -0.2) is 0 Å². The summed E-state index contributed by atoms with van der Waals surface area (Å²) in [6.45, 7) is 1.97. The van der Waals surface area contributed by atoms with E-state index in [1.54, 1.807) is 13.2 Å². The van der Waals surface area contributed by atoms with Crippen LogP contribution in [0.25, 0.3) is 0 Å². The molecule has 3 N–H and O–H groups in total. The first-order chi connectivity index (χ1) is 8.61. The Morgan fingerprint density at radius 3 is 2.72 bits per heavy atom. The van der Waals surface area contributed by atoms with Crippen molar-refractivity contribution < 1.29 is 4.74 Å². The summed E-state index contributed by atoms with van der Waals surface area (Å²) < 4.78 is 5.19. The van der Waals surface area contributed by atoms with Crippen LogP contribution in [0.3, 0.4) is 0 Å². The number of nitrogens with one attached hydrogen (secondary N) is 1. The van der Waals surface area contributed by atoms with Crippen molar-refractivity contribution in [1.82, 2.24) is 0 Å². The fraction of sp³-hybridized carbons (Fsp3) is 0.143. The minimum absolute atomic E-state index is 0.617. The highest BCUT2D eigenvalue weighted by atomic mass is 35.5. The minimum atomic E-state index is 0.617. The number of methoxy groups -OCH3 is 1. The van der Waals surface area contributed by atoms with Crippen LogP contribution in [-0.4, -0.2) is 7.11 Å². The molecule has 0 fully saturated rings. The summed E-state index contributed by atoms with van der Waals surface area (Å²) in [5, 5.41) is 4.03. The van der Waals surface area contributed by atoms with E-state index in [4.69, 9.17) is 22.1 Å². The van der Waals surface area contributed by atoms with Gasteiger partial charge in [0.15, 0.2) is 0 Å². The van der Waals surface area contributed by atoms with Crippen molar-refractivity contribution in [3.8, 4) is 5.75 Å². The Kier molecular flexibility index (Phi) is 3.63. The summed E-state index contributed by atoms with van der Waals surface area (Å²) in [4.78, 5) is 0. The molecule has 0 unspecified atom stereocenters. The van der Waals surface area contributed by atoms with Crippen molar-refractivity contribution in [2.24, 2.45) is 0 Å². The molecule has 0 atom stereocenters. The van der Waals surface area contributed by atoms with Gasteiger partial charge in [0.1, 0.15) is 5.75 Å². The highest BCUT2D eigenvalue weighted by molar-refractivity contribution is 6.31. The molecular weight excluding hydrogens is 248 g/mol. The number of anilines is 3. The smallest absolute Gasteiger partial charge is 0.143 e. The van der Waals surface area contributed by atoms with E-state index in [0.717, 1.165) is 22.0 Å². The molecular formula is C14H15ClN2O. The van der Waals surface area contributed by atoms with E-state index in [2.05, 4.69) is 5.32 Å². The molecule has 0 bridgehead atoms. The van der Waals surface area contributed by atoms with Gasteiger partial charge in [0.25, 0.3) is 0 Å². The average Bonchev–Trinajstić information content (AvgIpc) is 2.37. The van der Waals surface area contributed by atoms with Crippen molar-refractivity contribution in [3.63, 3.8) is 0 Å². The van der Waals surface area contributed by atoms with E-state index >= 15 is 0 Å². The Balaban J connectivity index is 2.31. The summed E-state index contributed by atoms with van der Waals surface area (Å²) in [5.41, 5.74) is 9.27. The molecule has 2 rings (SSSR count). The molecule has 3 nitrogen and oxygen atoms in total. The van der Waals surface area contributed by atoms with Gasteiger partial charge in [-0.05, 0) is 36.8 Å². The van der Waals surface area contributed by atoms with Crippen LogP contribution < -0.4 is 15.8 Å². The maximum Gasteiger partial charge on any atom is 0.143 e. The van der Waals surface area contributed by atoms with E-state index in [1.807, 2.05) is 37.3 Å². The second kappa shape index (κ2) is 5.19. The summed E-state index contributed by atoms with van der Waals surface area (Å²) in [6, 6.07) is 11.3. The van der Waals surface area contributed by atoms with E-state index in [0.29, 0.717) is 11.4 Å². The molecule has 0 saturated carbocycles. The predicted octanol–water partition coefficient (Wildman–Crippen LogP) is 3.98. The Bertz CT molecular complexity index is 570. The zero-order chi connectivity index (χ0) is 13.1. The molecule has 0 aliphatic carbocycles. The molecule has 0 aliphatic rings. The molecule has 0 amide bonds. The SMILES string of the molecule is COc1cc(Nc2cccc(Cl)c2C)ccc1N. The number of nitrogens with two attached hydrogens (primary N) is 1. The van der Waals surface area contributed by atoms with Crippen LogP contribution in [0.4, 0.5) is 17.1 Å². The second-order valence-electron chi connectivity index (χ2n) is 3.99. The molecule has 18 heavy (non-hydrogen) atoms. The first-order valence-corrected chi connectivity index (χ1v) is 5.95. The fourth-order valence-electron chi connectivity index (χ4n) is 1.69. The number of nitrogen functional groups attached to an aromatic ring is 1.